The Bertz CT molecular complexity index is 469. The molecule has 1 aromatic rings. The van der Waals surface area contributed by atoms with Gasteiger partial charge in [0, 0.05) is 19.2 Å². The van der Waals surface area contributed by atoms with E-state index in [0.717, 1.165) is 32.0 Å². The maximum absolute atomic E-state index is 12.7. The Morgan fingerprint density at radius 3 is 2.45 bits per heavy atom. The lowest BCUT2D eigenvalue weighted by atomic mass is 10.0. The molecule has 0 spiro atoms. The van der Waals surface area contributed by atoms with Crippen LogP contribution in [0.4, 0.5) is 24.9 Å². The predicted molar refractivity (Wildman–Crippen MR) is 70.4 cm³/mol. The van der Waals surface area contributed by atoms with E-state index in [-0.39, 0.29) is 17.8 Å². The minimum absolute atomic E-state index is 0.168. The van der Waals surface area contributed by atoms with Crippen molar-refractivity contribution in [3.8, 4) is 0 Å². The number of anilines is 2. The van der Waals surface area contributed by atoms with Gasteiger partial charge in [-0.05, 0) is 33.0 Å². The topological polar surface area (TPSA) is 58.3 Å². The number of halogens is 3. The van der Waals surface area contributed by atoms with Crippen LogP contribution in [0, 0.1) is 0 Å². The lowest BCUT2D eigenvalue weighted by Gasteiger charge is -2.35. The predicted octanol–water partition coefficient (Wildman–Crippen LogP) is 1.61. The van der Waals surface area contributed by atoms with E-state index >= 15 is 0 Å². The summed E-state index contributed by atoms with van der Waals surface area (Å²) in [7, 11) is 3.78. The molecule has 0 atom stereocenters. The van der Waals surface area contributed by atoms with Crippen molar-refractivity contribution >= 4 is 11.8 Å². The van der Waals surface area contributed by atoms with Crippen LogP contribution >= 0.6 is 0 Å². The van der Waals surface area contributed by atoms with Gasteiger partial charge in [0.2, 0.25) is 5.95 Å². The van der Waals surface area contributed by atoms with Gasteiger partial charge in [-0.3, -0.25) is 0 Å². The Hall–Kier alpha value is -1.57. The van der Waals surface area contributed by atoms with E-state index in [4.69, 9.17) is 5.73 Å². The number of alkyl halides is 3. The summed E-state index contributed by atoms with van der Waals surface area (Å²) in [5, 5.41) is 0. The highest BCUT2D eigenvalue weighted by Gasteiger charge is 2.34. The molecule has 5 nitrogen and oxygen atoms in total. The zero-order valence-corrected chi connectivity index (χ0v) is 11.5. The molecular formula is C12H18F3N5. The average Bonchev–Trinajstić information content (AvgIpc) is 2.37. The van der Waals surface area contributed by atoms with Crippen molar-refractivity contribution < 1.29 is 13.2 Å². The molecule has 0 aromatic carbocycles. The zero-order valence-electron chi connectivity index (χ0n) is 11.5. The monoisotopic (exact) mass is 289 g/mol. The zero-order chi connectivity index (χ0) is 14.9. The second kappa shape index (κ2) is 5.43. The van der Waals surface area contributed by atoms with Crippen molar-refractivity contribution in [2.75, 3.05) is 37.8 Å². The number of piperidine rings is 1. The average molecular weight is 289 g/mol. The maximum atomic E-state index is 12.7. The van der Waals surface area contributed by atoms with Crippen molar-refractivity contribution in [1.82, 2.24) is 14.9 Å². The van der Waals surface area contributed by atoms with Crippen LogP contribution in [0.2, 0.25) is 0 Å². The molecule has 1 aromatic heterocycles. The summed E-state index contributed by atoms with van der Waals surface area (Å²) < 4.78 is 38.2. The minimum Gasteiger partial charge on any atom is -0.368 e. The molecule has 20 heavy (non-hydrogen) atoms. The number of rotatable bonds is 2. The number of hydrogen-bond acceptors (Lipinski definition) is 5. The summed E-state index contributed by atoms with van der Waals surface area (Å²) in [5.41, 5.74) is 4.39. The molecule has 1 aliphatic rings. The first-order valence-corrected chi connectivity index (χ1v) is 6.40. The molecule has 1 fully saturated rings. The van der Waals surface area contributed by atoms with Crippen molar-refractivity contribution in [2.45, 2.75) is 25.1 Å². The molecule has 8 heteroatoms. The normalized spacial score (nSPS) is 18.2. The third kappa shape index (κ3) is 3.30. The van der Waals surface area contributed by atoms with E-state index in [1.807, 2.05) is 7.05 Å². The largest absolute Gasteiger partial charge is 0.433 e. The van der Waals surface area contributed by atoms with Gasteiger partial charge in [-0.2, -0.15) is 18.2 Å². The van der Waals surface area contributed by atoms with Gasteiger partial charge in [0.25, 0.3) is 0 Å². The summed E-state index contributed by atoms with van der Waals surface area (Å²) >= 11 is 0. The van der Waals surface area contributed by atoms with Crippen LogP contribution in [0.3, 0.4) is 0 Å². The Balaban J connectivity index is 2.21. The van der Waals surface area contributed by atoms with Crippen LogP contribution in [0.15, 0.2) is 6.07 Å². The number of nitrogens with zero attached hydrogens (tertiary/aromatic N) is 4. The molecular weight excluding hydrogens is 271 g/mol. The second-order valence-electron chi connectivity index (χ2n) is 5.11. The summed E-state index contributed by atoms with van der Waals surface area (Å²) in [6.07, 6.45) is -2.74. The van der Waals surface area contributed by atoms with E-state index in [1.165, 1.54) is 0 Å². The first-order chi connectivity index (χ1) is 9.27. The first-order valence-electron chi connectivity index (χ1n) is 6.40. The van der Waals surface area contributed by atoms with E-state index in [9.17, 15) is 13.2 Å². The smallest absolute Gasteiger partial charge is 0.368 e. The maximum Gasteiger partial charge on any atom is 0.433 e. The van der Waals surface area contributed by atoms with Crippen LogP contribution in [0.25, 0.3) is 0 Å². The third-order valence-corrected chi connectivity index (χ3v) is 3.62. The summed E-state index contributed by atoms with van der Waals surface area (Å²) in [6, 6.07) is 1.12. The molecule has 0 bridgehead atoms. The molecule has 1 aliphatic heterocycles. The number of nitrogens with two attached hydrogens (primary N) is 1. The van der Waals surface area contributed by atoms with Crippen LogP contribution in [-0.4, -0.2) is 48.1 Å². The Morgan fingerprint density at radius 1 is 1.30 bits per heavy atom. The van der Waals surface area contributed by atoms with Gasteiger partial charge in [-0.1, -0.05) is 0 Å². The quantitative estimate of drug-likeness (QED) is 0.896. The second-order valence-corrected chi connectivity index (χ2v) is 5.11. The lowest BCUT2D eigenvalue weighted by Crippen LogP contribution is -2.42. The first kappa shape index (κ1) is 14.8. The summed E-state index contributed by atoms with van der Waals surface area (Å²) in [5.74, 6) is -0.131. The summed E-state index contributed by atoms with van der Waals surface area (Å²) in [6.45, 7) is 1.84. The Morgan fingerprint density at radius 2 is 1.90 bits per heavy atom. The fraction of sp³-hybridized carbons (Fsp3) is 0.667. The highest BCUT2D eigenvalue weighted by molar-refractivity contribution is 5.44. The molecule has 1 saturated heterocycles. The van der Waals surface area contributed by atoms with Crippen molar-refractivity contribution in [1.29, 1.82) is 0 Å². The number of likely N-dealkylation sites (tertiary alicyclic amines) is 1. The van der Waals surface area contributed by atoms with Crippen molar-refractivity contribution in [2.24, 2.45) is 0 Å². The van der Waals surface area contributed by atoms with Crippen molar-refractivity contribution in [3.05, 3.63) is 11.8 Å². The highest BCUT2D eigenvalue weighted by atomic mass is 19.4. The minimum atomic E-state index is -4.51. The Labute approximate surface area is 115 Å². The molecule has 2 rings (SSSR count). The van der Waals surface area contributed by atoms with Gasteiger partial charge in [-0.25, -0.2) is 4.98 Å². The van der Waals surface area contributed by atoms with E-state index in [2.05, 4.69) is 14.9 Å². The van der Waals surface area contributed by atoms with Gasteiger partial charge in [0.15, 0.2) is 5.69 Å². The van der Waals surface area contributed by atoms with Crippen LogP contribution < -0.4 is 10.6 Å². The third-order valence-electron chi connectivity index (χ3n) is 3.62. The molecule has 0 saturated carbocycles. The molecule has 2 N–H and O–H groups in total. The Kier molecular flexibility index (Phi) is 4.03. The number of aromatic nitrogens is 2. The van der Waals surface area contributed by atoms with E-state index in [1.54, 1.807) is 11.9 Å². The summed E-state index contributed by atoms with van der Waals surface area (Å²) in [4.78, 5) is 11.1. The molecule has 2 heterocycles. The van der Waals surface area contributed by atoms with Crippen molar-refractivity contribution in [3.63, 3.8) is 0 Å². The van der Waals surface area contributed by atoms with Crippen LogP contribution in [0.1, 0.15) is 18.5 Å². The van der Waals surface area contributed by atoms with Crippen LogP contribution in [-0.2, 0) is 6.18 Å². The molecule has 0 unspecified atom stereocenters. The van der Waals surface area contributed by atoms with Gasteiger partial charge >= 0.3 is 6.18 Å². The number of hydrogen-bond donors (Lipinski definition) is 1. The van der Waals surface area contributed by atoms with Gasteiger partial charge in [0.05, 0.1) is 0 Å². The van der Waals surface area contributed by atoms with Gasteiger partial charge in [0.1, 0.15) is 5.82 Å². The highest BCUT2D eigenvalue weighted by Crippen LogP contribution is 2.31. The van der Waals surface area contributed by atoms with E-state index < -0.39 is 11.9 Å². The van der Waals surface area contributed by atoms with Crippen LogP contribution in [0.5, 0.6) is 0 Å². The van der Waals surface area contributed by atoms with Gasteiger partial charge in [-0.15, -0.1) is 0 Å². The molecule has 0 aliphatic carbocycles. The standard InChI is InChI=1S/C12H18F3N5/c1-19-5-3-8(4-6-19)20(2)10-7-9(12(13,14)15)17-11(16)18-10/h7-8H,3-6H2,1-2H3,(H2,16,17,18). The van der Waals surface area contributed by atoms with Gasteiger partial charge < -0.3 is 15.5 Å². The molecule has 112 valence electrons. The fourth-order valence-electron chi connectivity index (χ4n) is 2.35. The lowest BCUT2D eigenvalue weighted by molar-refractivity contribution is -0.141. The fourth-order valence-corrected chi connectivity index (χ4v) is 2.35. The SMILES string of the molecule is CN1CCC(N(C)c2cc(C(F)(F)F)nc(N)n2)CC1. The molecule has 0 radical (unpaired) electrons. The van der Waals surface area contributed by atoms with E-state index in [0.29, 0.717) is 0 Å². The molecule has 0 amide bonds. The number of nitrogen functional groups attached to an aromatic ring is 1.